The number of para-hydroxylation sites is 1. The minimum atomic E-state index is 0.0722. The quantitative estimate of drug-likeness (QED) is 0.616. The summed E-state index contributed by atoms with van der Waals surface area (Å²) in [6, 6.07) is 8.53. The molecule has 90 valence electrons. The summed E-state index contributed by atoms with van der Waals surface area (Å²) in [7, 11) is 0. The van der Waals surface area contributed by atoms with Crippen LogP contribution in [0.15, 0.2) is 36.9 Å². The second kappa shape index (κ2) is 5.56. The Morgan fingerprint density at radius 1 is 1.53 bits per heavy atom. The van der Waals surface area contributed by atoms with E-state index in [-0.39, 0.29) is 11.5 Å². The number of hydrogen-bond acceptors (Lipinski definition) is 2. The van der Waals surface area contributed by atoms with Crippen LogP contribution in [0.1, 0.15) is 18.9 Å². The Balaban J connectivity index is 0.000000686. The molecule has 1 aromatic rings. The minimum Gasteiger partial charge on any atom is -0.384 e. The molecule has 2 atom stereocenters. The van der Waals surface area contributed by atoms with Gasteiger partial charge in [0.1, 0.15) is 0 Å². The summed E-state index contributed by atoms with van der Waals surface area (Å²) in [5, 5.41) is 3.43. The van der Waals surface area contributed by atoms with Crippen molar-refractivity contribution in [1.29, 1.82) is 0 Å². The van der Waals surface area contributed by atoms with Gasteiger partial charge in [0.15, 0.2) is 0 Å². The van der Waals surface area contributed by atoms with Gasteiger partial charge in [0.25, 0.3) is 0 Å². The molecule has 2 rings (SSSR count). The van der Waals surface area contributed by atoms with E-state index in [4.69, 9.17) is 5.73 Å². The Kier molecular flexibility index (Phi) is 4.37. The molecule has 0 amide bonds. The number of benzene rings is 1. The summed E-state index contributed by atoms with van der Waals surface area (Å²) >= 11 is 0. The highest BCUT2D eigenvalue weighted by Gasteiger charge is 2.34. The molecule has 1 aliphatic heterocycles. The van der Waals surface area contributed by atoms with Crippen LogP contribution in [0.2, 0.25) is 0 Å². The molecular weight excluding hydrogens is 208 g/mol. The van der Waals surface area contributed by atoms with Crippen LogP contribution in [0.5, 0.6) is 0 Å². The van der Waals surface area contributed by atoms with Crippen molar-refractivity contribution in [2.24, 2.45) is 5.73 Å². The van der Waals surface area contributed by atoms with Gasteiger partial charge in [-0.25, -0.2) is 0 Å². The zero-order valence-electron chi connectivity index (χ0n) is 10.3. The fraction of sp³-hybridized carbons (Fsp3) is 0.333. The second-order valence-corrected chi connectivity index (χ2v) is 4.56. The second-order valence-electron chi connectivity index (χ2n) is 4.56. The number of fused-ring (bicyclic) bond motifs is 1. The molecule has 0 aliphatic carbocycles. The summed E-state index contributed by atoms with van der Waals surface area (Å²) in [6.07, 6.45) is 10.8. The molecular formula is C15H20N2. The monoisotopic (exact) mass is 228 g/mol. The van der Waals surface area contributed by atoms with E-state index in [1.54, 1.807) is 0 Å². The maximum atomic E-state index is 5.95. The van der Waals surface area contributed by atoms with E-state index in [0.29, 0.717) is 0 Å². The lowest BCUT2D eigenvalue weighted by Gasteiger charge is -2.26. The Morgan fingerprint density at radius 3 is 2.82 bits per heavy atom. The predicted molar refractivity (Wildman–Crippen MR) is 75.0 cm³/mol. The summed E-state index contributed by atoms with van der Waals surface area (Å²) in [6.45, 7) is 6.97. The lowest BCUT2D eigenvalue weighted by molar-refractivity contribution is 0.453. The third-order valence-electron chi connectivity index (χ3n) is 3.24. The first-order chi connectivity index (χ1) is 8.15. The van der Waals surface area contributed by atoms with Crippen LogP contribution < -0.4 is 11.1 Å². The van der Waals surface area contributed by atoms with Crippen LogP contribution in [0, 0.1) is 12.8 Å². The molecule has 1 aliphatic rings. The lowest BCUT2D eigenvalue weighted by atomic mass is 9.79. The summed E-state index contributed by atoms with van der Waals surface area (Å²) in [5.74, 6) is 0. The van der Waals surface area contributed by atoms with Crippen molar-refractivity contribution in [3.05, 3.63) is 42.5 Å². The smallest absolute Gasteiger partial charge is 0.0379 e. The molecule has 0 aromatic heterocycles. The fourth-order valence-electron chi connectivity index (χ4n) is 2.33. The van der Waals surface area contributed by atoms with Gasteiger partial charge in [-0.15, -0.1) is 19.4 Å². The van der Waals surface area contributed by atoms with Crippen LogP contribution in [-0.2, 0) is 5.41 Å². The van der Waals surface area contributed by atoms with E-state index < -0.39 is 0 Å². The Hall–Kier alpha value is -1.72. The average molecular weight is 228 g/mol. The van der Waals surface area contributed by atoms with Crippen molar-refractivity contribution in [3.63, 3.8) is 0 Å². The van der Waals surface area contributed by atoms with Gasteiger partial charge < -0.3 is 11.1 Å². The Labute approximate surface area is 104 Å². The number of nitrogens with one attached hydrogen (secondary N) is 1. The SMILES string of the molecule is C#C.C=CC(N)CC1(C)CNc2ccccc21. The van der Waals surface area contributed by atoms with Crippen molar-refractivity contribution >= 4 is 5.69 Å². The molecule has 0 spiro atoms. The molecule has 0 radical (unpaired) electrons. The summed E-state index contributed by atoms with van der Waals surface area (Å²) < 4.78 is 0. The molecule has 1 aromatic carbocycles. The van der Waals surface area contributed by atoms with E-state index in [1.165, 1.54) is 11.3 Å². The van der Waals surface area contributed by atoms with Crippen LogP contribution >= 0.6 is 0 Å². The van der Waals surface area contributed by atoms with Crippen LogP contribution in [0.4, 0.5) is 5.69 Å². The maximum absolute atomic E-state index is 5.95. The topological polar surface area (TPSA) is 38.0 Å². The molecule has 0 saturated heterocycles. The van der Waals surface area contributed by atoms with Gasteiger partial charge in [-0.1, -0.05) is 31.2 Å². The van der Waals surface area contributed by atoms with E-state index in [1.807, 2.05) is 6.08 Å². The number of anilines is 1. The number of rotatable bonds is 3. The highest BCUT2D eigenvalue weighted by Crippen LogP contribution is 2.39. The van der Waals surface area contributed by atoms with Crippen molar-refractivity contribution in [2.45, 2.75) is 24.8 Å². The maximum Gasteiger partial charge on any atom is 0.0379 e. The van der Waals surface area contributed by atoms with Gasteiger partial charge in [0.2, 0.25) is 0 Å². The van der Waals surface area contributed by atoms with E-state index in [9.17, 15) is 0 Å². The number of hydrogen-bond donors (Lipinski definition) is 2. The van der Waals surface area contributed by atoms with Crippen LogP contribution in [0.25, 0.3) is 0 Å². The van der Waals surface area contributed by atoms with Crippen molar-refractivity contribution < 1.29 is 0 Å². The first kappa shape index (κ1) is 13.3. The predicted octanol–water partition coefficient (Wildman–Crippen LogP) is 2.52. The molecule has 0 bridgehead atoms. The molecule has 2 heteroatoms. The van der Waals surface area contributed by atoms with E-state index in [2.05, 4.69) is 55.9 Å². The largest absolute Gasteiger partial charge is 0.384 e. The molecule has 1 heterocycles. The van der Waals surface area contributed by atoms with E-state index >= 15 is 0 Å². The molecule has 3 N–H and O–H groups in total. The zero-order valence-corrected chi connectivity index (χ0v) is 10.3. The van der Waals surface area contributed by atoms with Crippen LogP contribution in [0.3, 0.4) is 0 Å². The summed E-state index contributed by atoms with van der Waals surface area (Å²) in [5.41, 5.74) is 8.72. The molecule has 0 saturated carbocycles. The molecule has 2 nitrogen and oxygen atoms in total. The van der Waals surface area contributed by atoms with Gasteiger partial charge in [-0.3, -0.25) is 0 Å². The number of terminal acetylenes is 1. The van der Waals surface area contributed by atoms with Gasteiger partial charge in [-0.05, 0) is 18.1 Å². The standard InChI is InChI=1S/C13H18N2.C2H2/c1-3-10(14)8-13(2)9-15-12-7-5-4-6-11(12)13;1-2/h3-7,10,15H,1,8-9,14H2,2H3;1-2H. The minimum absolute atomic E-state index is 0.0722. The van der Waals surface area contributed by atoms with Gasteiger partial charge in [0, 0.05) is 23.7 Å². The van der Waals surface area contributed by atoms with Crippen LogP contribution in [-0.4, -0.2) is 12.6 Å². The highest BCUT2D eigenvalue weighted by molar-refractivity contribution is 5.60. The Bertz CT molecular complexity index is 408. The number of nitrogens with two attached hydrogens (primary N) is 1. The summed E-state index contributed by atoms with van der Waals surface area (Å²) in [4.78, 5) is 0. The van der Waals surface area contributed by atoms with Gasteiger partial charge >= 0.3 is 0 Å². The normalized spacial score (nSPS) is 22.6. The van der Waals surface area contributed by atoms with Crippen molar-refractivity contribution in [1.82, 2.24) is 0 Å². The first-order valence-corrected chi connectivity index (χ1v) is 5.70. The molecule has 2 unspecified atom stereocenters. The third-order valence-corrected chi connectivity index (χ3v) is 3.24. The molecule has 0 fully saturated rings. The fourth-order valence-corrected chi connectivity index (χ4v) is 2.33. The highest BCUT2D eigenvalue weighted by atomic mass is 14.9. The van der Waals surface area contributed by atoms with E-state index in [0.717, 1.165) is 13.0 Å². The lowest BCUT2D eigenvalue weighted by Crippen LogP contribution is -2.33. The first-order valence-electron chi connectivity index (χ1n) is 5.70. The van der Waals surface area contributed by atoms with Gasteiger partial charge in [-0.2, -0.15) is 0 Å². The average Bonchev–Trinajstić information content (AvgIpc) is 2.70. The third kappa shape index (κ3) is 2.69. The molecule has 17 heavy (non-hydrogen) atoms. The van der Waals surface area contributed by atoms with Crippen molar-refractivity contribution in [2.75, 3.05) is 11.9 Å². The zero-order chi connectivity index (χ0) is 12.9. The van der Waals surface area contributed by atoms with Crippen molar-refractivity contribution in [3.8, 4) is 12.8 Å². The Morgan fingerprint density at radius 2 is 2.18 bits per heavy atom. The van der Waals surface area contributed by atoms with Gasteiger partial charge in [0.05, 0.1) is 0 Å².